The SMILES string of the molecule is O=C(O)CN1CCCN(C2CCOCC2)CC1. The fraction of sp³-hybridized carbons (Fsp3) is 0.917. The van der Waals surface area contributed by atoms with E-state index in [2.05, 4.69) is 4.90 Å². The lowest BCUT2D eigenvalue weighted by Gasteiger charge is -2.33. The Balaban J connectivity index is 1.80. The van der Waals surface area contributed by atoms with Crippen molar-refractivity contribution in [3.8, 4) is 0 Å². The molecule has 98 valence electrons. The van der Waals surface area contributed by atoms with Crippen LogP contribution < -0.4 is 0 Å². The Labute approximate surface area is 102 Å². The van der Waals surface area contributed by atoms with E-state index in [9.17, 15) is 4.79 Å². The highest BCUT2D eigenvalue weighted by molar-refractivity contribution is 5.69. The molecule has 0 spiro atoms. The van der Waals surface area contributed by atoms with Crippen LogP contribution in [0.5, 0.6) is 0 Å². The van der Waals surface area contributed by atoms with Gasteiger partial charge < -0.3 is 9.84 Å². The maximum absolute atomic E-state index is 10.7. The third-order valence-corrected chi connectivity index (χ3v) is 3.69. The van der Waals surface area contributed by atoms with Gasteiger partial charge in [0.1, 0.15) is 0 Å². The van der Waals surface area contributed by atoms with Gasteiger partial charge in [-0.3, -0.25) is 14.6 Å². The summed E-state index contributed by atoms with van der Waals surface area (Å²) in [6, 6.07) is 0.647. The van der Waals surface area contributed by atoms with E-state index in [1.54, 1.807) is 0 Å². The molecule has 0 atom stereocenters. The fourth-order valence-electron chi connectivity index (χ4n) is 2.76. The van der Waals surface area contributed by atoms with E-state index in [1.165, 1.54) is 0 Å². The molecule has 0 aromatic rings. The minimum atomic E-state index is -0.718. The van der Waals surface area contributed by atoms with Crippen molar-refractivity contribution in [2.45, 2.75) is 25.3 Å². The van der Waals surface area contributed by atoms with Crippen molar-refractivity contribution in [3.05, 3.63) is 0 Å². The second kappa shape index (κ2) is 6.33. The van der Waals surface area contributed by atoms with Crippen molar-refractivity contribution in [1.82, 2.24) is 9.80 Å². The molecule has 2 aliphatic rings. The summed E-state index contributed by atoms with van der Waals surface area (Å²) < 4.78 is 5.38. The number of carboxylic acids is 1. The van der Waals surface area contributed by atoms with Gasteiger partial charge in [0.25, 0.3) is 0 Å². The largest absolute Gasteiger partial charge is 0.480 e. The first kappa shape index (κ1) is 12.8. The molecule has 0 aliphatic carbocycles. The first-order chi connectivity index (χ1) is 8.25. The van der Waals surface area contributed by atoms with Gasteiger partial charge in [-0.25, -0.2) is 0 Å². The van der Waals surface area contributed by atoms with E-state index in [-0.39, 0.29) is 6.54 Å². The van der Waals surface area contributed by atoms with E-state index in [0.29, 0.717) is 6.04 Å². The molecular weight excluding hydrogens is 220 g/mol. The van der Waals surface area contributed by atoms with Crippen LogP contribution in [0.1, 0.15) is 19.3 Å². The molecule has 0 radical (unpaired) electrons. The van der Waals surface area contributed by atoms with E-state index in [1.807, 2.05) is 4.90 Å². The third-order valence-electron chi connectivity index (χ3n) is 3.69. The van der Waals surface area contributed by atoms with Gasteiger partial charge in [0.2, 0.25) is 0 Å². The van der Waals surface area contributed by atoms with Gasteiger partial charge >= 0.3 is 5.97 Å². The second-order valence-corrected chi connectivity index (χ2v) is 4.90. The smallest absolute Gasteiger partial charge is 0.317 e. The number of hydrogen-bond acceptors (Lipinski definition) is 4. The number of carbonyl (C=O) groups is 1. The van der Waals surface area contributed by atoms with E-state index < -0.39 is 5.97 Å². The van der Waals surface area contributed by atoms with Crippen LogP contribution in [-0.4, -0.2) is 72.9 Å². The van der Waals surface area contributed by atoms with Crippen LogP contribution in [0.4, 0.5) is 0 Å². The quantitative estimate of drug-likeness (QED) is 0.769. The van der Waals surface area contributed by atoms with Gasteiger partial charge in [0.15, 0.2) is 0 Å². The van der Waals surface area contributed by atoms with Crippen LogP contribution in [-0.2, 0) is 9.53 Å². The molecule has 0 aromatic heterocycles. The van der Waals surface area contributed by atoms with Crippen molar-refractivity contribution in [2.75, 3.05) is 45.9 Å². The lowest BCUT2D eigenvalue weighted by Crippen LogP contribution is -2.42. The van der Waals surface area contributed by atoms with E-state index in [4.69, 9.17) is 9.84 Å². The molecule has 0 saturated carbocycles. The molecule has 2 heterocycles. The van der Waals surface area contributed by atoms with Crippen LogP contribution >= 0.6 is 0 Å². The zero-order valence-electron chi connectivity index (χ0n) is 10.3. The van der Waals surface area contributed by atoms with Gasteiger partial charge in [-0.05, 0) is 25.8 Å². The van der Waals surface area contributed by atoms with Gasteiger partial charge in [0, 0.05) is 38.9 Å². The van der Waals surface area contributed by atoms with Crippen LogP contribution in [0, 0.1) is 0 Å². The monoisotopic (exact) mass is 242 g/mol. The molecule has 0 amide bonds. The topological polar surface area (TPSA) is 53.0 Å². The summed E-state index contributed by atoms with van der Waals surface area (Å²) in [5, 5.41) is 8.80. The molecular formula is C12H22N2O3. The third kappa shape index (κ3) is 3.94. The Bertz CT molecular complexity index is 254. The molecule has 2 aliphatic heterocycles. The molecule has 2 rings (SSSR count). The highest BCUT2D eigenvalue weighted by atomic mass is 16.5. The standard InChI is InChI=1S/C12H22N2O3/c15-12(16)10-13-4-1-5-14(7-6-13)11-2-8-17-9-3-11/h11H,1-10H2,(H,15,16). The normalized spacial score (nSPS) is 25.6. The molecule has 2 saturated heterocycles. The van der Waals surface area contributed by atoms with Crippen LogP contribution in [0.3, 0.4) is 0 Å². The average Bonchev–Trinajstić information content (AvgIpc) is 2.55. The Hall–Kier alpha value is -0.650. The summed E-state index contributed by atoms with van der Waals surface area (Å²) in [6.45, 7) is 5.82. The predicted octanol–water partition coefficient (Wildman–Crippen LogP) is 0.258. The van der Waals surface area contributed by atoms with Gasteiger partial charge in [-0.15, -0.1) is 0 Å². The molecule has 5 nitrogen and oxygen atoms in total. The Morgan fingerprint density at radius 2 is 1.94 bits per heavy atom. The average molecular weight is 242 g/mol. The number of rotatable bonds is 3. The predicted molar refractivity (Wildman–Crippen MR) is 64.1 cm³/mol. The highest BCUT2D eigenvalue weighted by Crippen LogP contribution is 2.16. The minimum absolute atomic E-state index is 0.182. The van der Waals surface area contributed by atoms with Gasteiger partial charge in [-0.1, -0.05) is 0 Å². The van der Waals surface area contributed by atoms with E-state index >= 15 is 0 Å². The lowest BCUT2D eigenvalue weighted by atomic mass is 10.1. The van der Waals surface area contributed by atoms with Crippen LogP contribution in [0.2, 0.25) is 0 Å². The maximum atomic E-state index is 10.7. The highest BCUT2D eigenvalue weighted by Gasteiger charge is 2.24. The zero-order valence-corrected chi connectivity index (χ0v) is 10.3. The van der Waals surface area contributed by atoms with Crippen molar-refractivity contribution >= 4 is 5.97 Å². The maximum Gasteiger partial charge on any atom is 0.317 e. The van der Waals surface area contributed by atoms with Crippen molar-refractivity contribution in [1.29, 1.82) is 0 Å². The number of carboxylic acid groups (broad SMARTS) is 1. The first-order valence-corrected chi connectivity index (χ1v) is 6.51. The number of nitrogens with zero attached hydrogens (tertiary/aromatic N) is 2. The van der Waals surface area contributed by atoms with Gasteiger partial charge in [-0.2, -0.15) is 0 Å². The summed E-state index contributed by atoms with van der Waals surface area (Å²) in [7, 11) is 0. The van der Waals surface area contributed by atoms with Gasteiger partial charge in [0.05, 0.1) is 6.54 Å². The molecule has 1 N–H and O–H groups in total. The first-order valence-electron chi connectivity index (χ1n) is 6.51. The summed E-state index contributed by atoms with van der Waals surface area (Å²) in [6.07, 6.45) is 3.32. The molecule has 0 unspecified atom stereocenters. The summed E-state index contributed by atoms with van der Waals surface area (Å²) in [4.78, 5) is 15.3. The summed E-state index contributed by atoms with van der Waals surface area (Å²) in [5.74, 6) is -0.718. The Kier molecular flexibility index (Phi) is 4.76. The number of ether oxygens (including phenoxy) is 1. The number of hydrogen-bond donors (Lipinski definition) is 1. The van der Waals surface area contributed by atoms with Crippen molar-refractivity contribution in [2.24, 2.45) is 0 Å². The van der Waals surface area contributed by atoms with Crippen molar-refractivity contribution < 1.29 is 14.6 Å². The van der Waals surface area contributed by atoms with Crippen molar-refractivity contribution in [3.63, 3.8) is 0 Å². The second-order valence-electron chi connectivity index (χ2n) is 4.90. The summed E-state index contributed by atoms with van der Waals surface area (Å²) in [5.41, 5.74) is 0. The Morgan fingerprint density at radius 1 is 1.18 bits per heavy atom. The molecule has 5 heteroatoms. The van der Waals surface area contributed by atoms with E-state index in [0.717, 1.165) is 58.7 Å². The lowest BCUT2D eigenvalue weighted by molar-refractivity contribution is -0.138. The summed E-state index contributed by atoms with van der Waals surface area (Å²) >= 11 is 0. The van der Waals surface area contributed by atoms with Crippen LogP contribution in [0.25, 0.3) is 0 Å². The molecule has 2 fully saturated rings. The minimum Gasteiger partial charge on any atom is -0.480 e. The van der Waals surface area contributed by atoms with Crippen LogP contribution in [0.15, 0.2) is 0 Å². The fourth-order valence-corrected chi connectivity index (χ4v) is 2.76. The molecule has 0 bridgehead atoms. The molecule has 0 aromatic carbocycles. The molecule has 17 heavy (non-hydrogen) atoms. The number of aliphatic carboxylic acids is 1. The Morgan fingerprint density at radius 3 is 2.65 bits per heavy atom. The zero-order chi connectivity index (χ0) is 12.1.